The largest absolute Gasteiger partial charge is 0.432 e. The van der Waals surface area contributed by atoms with Gasteiger partial charge in [0.1, 0.15) is 0 Å². The molecule has 0 unspecified atom stereocenters. The minimum absolute atomic E-state index is 0.478. The zero-order chi connectivity index (χ0) is 14.6. The Labute approximate surface area is 127 Å². The Bertz CT molecular complexity index is 300. The van der Waals surface area contributed by atoms with E-state index in [2.05, 4.69) is 19.7 Å². The summed E-state index contributed by atoms with van der Waals surface area (Å²) in [6.07, 6.45) is 12.6. The Balaban J connectivity index is 2.18. The molecule has 0 aromatic rings. The van der Waals surface area contributed by atoms with Gasteiger partial charge in [-0.1, -0.05) is 44.2 Å². The fourth-order valence-corrected chi connectivity index (χ4v) is 12.2. The summed E-state index contributed by atoms with van der Waals surface area (Å²) in [5, 5.41) is 0. The highest BCUT2D eigenvalue weighted by molar-refractivity contribution is 6.86. The van der Waals surface area contributed by atoms with E-state index in [1.807, 2.05) is 5.70 Å². The first-order valence-corrected chi connectivity index (χ1v) is 13.5. The quantitative estimate of drug-likeness (QED) is 0.721. The zero-order valence-corrected chi connectivity index (χ0v) is 15.4. The van der Waals surface area contributed by atoms with Crippen molar-refractivity contribution in [2.45, 2.75) is 88.4 Å². The van der Waals surface area contributed by atoms with Crippen LogP contribution in [0.25, 0.3) is 0 Å². The van der Waals surface area contributed by atoms with Crippen LogP contribution in [0.15, 0.2) is 12.3 Å². The lowest BCUT2D eigenvalue weighted by atomic mass is 9.99. The maximum Gasteiger partial charge on any atom is 0.331 e. The molecule has 2 aliphatic rings. The Kier molecular flexibility index (Phi) is 5.68. The van der Waals surface area contributed by atoms with Crippen molar-refractivity contribution in [1.82, 2.24) is 0 Å². The van der Waals surface area contributed by atoms with Crippen molar-refractivity contribution in [3.63, 3.8) is 0 Å². The van der Waals surface area contributed by atoms with E-state index in [4.69, 9.17) is 4.12 Å². The second kappa shape index (κ2) is 6.90. The molecule has 0 saturated heterocycles. The molecule has 116 valence electrons. The molecule has 1 N–H and O–H groups in total. The lowest BCUT2D eigenvalue weighted by Gasteiger charge is -2.45. The first kappa shape index (κ1) is 16.5. The van der Waals surface area contributed by atoms with Crippen LogP contribution in [0.5, 0.6) is 0 Å². The lowest BCUT2D eigenvalue weighted by molar-refractivity contribution is 0.280. The van der Waals surface area contributed by atoms with Gasteiger partial charge in [0.25, 0.3) is 0 Å². The fraction of sp³-hybridized carbons (Fsp3) is 0.875. The molecule has 2 aliphatic carbocycles. The van der Waals surface area contributed by atoms with Crippen LogP contribution in [0.3, 0.4) is 0 Å². The van der Waals surface area contributed by atoms with Gasteiger partial charge in [-0.3, -0.25) is 0 Å². The first-order chi connectivity index (χ1) is 9.48. The van der Waals surface area contributed by atoms with Crippen molar-refractivity contribution in [3.05, 3.63) is 12.3 Å². The summed E-state index contributed by atoms with van der Waals surface area (Å²) in [4.78, 5) is 11.6. The van der Waals surface area contributed by atoms with Crippen LogP contribution in [-0.4, -0.2) is 21.7 Å². The SMILES string of the molecule is C=C[Si](C)(C)O[Si](O)(C1CCCCC1)C1CCCCC1. The number of hydrogen-bond donors (Lipinski definition) is 1. The molecule has 0 amide bonds. The van der Waals surface area contributed by atoms with E-state index in [9.17, 15) is 4.80 Å². The molecule has 20 heavy (non-hydrogen) atoms. The molecule has 2 fully saturated rings. The van der Waals surface area contributed by atoms with Gasteiger partial charge in [0, 0.05) is 11.1 Å². The van der Waals surface area contributed by atoms with Gasteiger partial charge in [0.15, 0.2) is 8.32 Å². The highest BCUT2D eigenvalue weighted by atomic mass is 28.4. The smallest absolute Gasteiger partial charge is 0.331 e. The first-order valence-electron chi connectivity index (χ1n) is 8.54. The second-order valence-electron chi connectivity index (χ2n) is 7.33. The van der Waals surface area contributed by atoms with Crippen molar-refractivity contribution in [2.24, 2.45) is 0 Å². The summed E-state index contributed by atoms with van der Waals surface area (Å²) in [6.45, 7) is 8.32. The van der Waals surface area contributed by atoms with Gasteiger partial charge in [-0.15, -0.1) is 6.58 Å². The van der Waals surface area contributed by atoms with E-state index in [0.29, 0.717) is 11.1 Å². The van der Waals surface area contributed by atoms with Crippen LogP contribution in [-0.2, 0) is 4.12 Å². The summed E-state index contributed by atoms with van der Waals surface area (Å²) >= 11 is 0. The van der Waals surface area contributed by atoms with Crippen LogP contribution in [0.2, 0.25) is 24.2 Å². The average Bonchev–Trinajstić information content (AvgIpc) is 2.48. The van der Waals surface area contributed by atoms with E-state index in [1.165, 1.54) is 64.2 Å². The predicted octanol–water partition coefficient (Wildman–Crippen LogP) is 5.04. The van der Waals surface area contributed by atoms with Crippen LogP contribution in [0.4, 0.5) is 0 Å². The summed E-state index contributed by atoms with van der Waals surface area (Å²) < 4.78 is 6.57. The van der Waals surface area contributed by atoms with E-state index < -0.39 is 16.9 Å². The van der Waals surface area contributed by atoms with Crippen LogP contribution in [0.1, 0.15) is 64.2 Å². The standard InChI is InChI=1S/C16H32O2Si2/c1-4-19(2,3)18-20(17,15-11-7-5-8-12-15)16-13-9-6-10-14-16/h4,15-17H,1,5-14H2,2-3H3. The maximum atomic E-state index is 11.6. The lowest BCUT2D eigenvalue weighted by Crippen LogP contribution is -2.55. The summed E-state index contributed by atoms with van der Waals surface area (Å²) in [5.74, 6) is 0. The Hall–Kier alpha value is 0.0938. The van der Waals surface area contributed by atoms with Crippen molar-refractivity contribution in [2.75, 3.05) is 0 Å². The molecule has 0 spiro atoms. The fourth-order valence-electron chi connectivity index (χ4n) is 4.00. The average molecular weight is 313 g/mol. The third kappa shape index (κ3) is 3.84. The van der Waals surface area contributed by atoms with Crippen molar-refractivity contribution in [3.8, 4) is 0 Å². The molecular formula is C16H32O2Si2. The molecule has 2 nitrogen and oxygen atoms in total. The van der Waals surface area contributed by atoms with Gasteiger partial charge >= 0.3 is 8.56 Å². The van der Waals surface area contributed by atoms with Gasteiger partial charge in [-0.2, -0.15) is 0 Å². The van der Waals surface area contributed by atoms with E-state index in [0.717, 1.165) is 0 Å². The molecule has 0 bridgehead atoms. The van der Waals surface area contributed by atoms with E-state index in [1.54, 1.807) is 0 Å². The van der Waals surface area contributed by atoms with Crippen molar-refractivity contribution in [1.29, 1.82) is 0 Å². The monoisotopic (exact) mass is 312 g/mol. The third-order valence-corrected chi connectivity index (χ3v) is 13.2. The van der Waals surface area contributed by atoms with Crippen LogP contribution < -0.4 is 0 Å². The molecule has 0 aromatic heterocycles. The molecule has 0 radical (unpaired) electrons. The van der Waals surface area contributed by atoms with Gasteiger partial charge in [-0.05, 0) is 38.8 Å². The summed E-state index contributed by atoms with van der Waals surface area (Å²) in [5.41, 5.74) is 2.95. The Morgan fingerprint density at radius 2 is 1.30 bits per heavy atom. The van der Waals surface area contributed by atoms with Gasteiger partial charge in [-0.25, -0.2) is 0 Å². The molecule has 2 saturated carbocycles. The molecule has 0 atom stereocenters. The zero-order valence-electron chi connectivity index (χ0n) is 13.4. The predicted molar refractivity (Wildman–Crippen MR) is 90.4 cm³/mol. The van der Waals surface area contributed by atoms with Gasteiger partial charge in [0.05, 0.1) is 0 Å². The minimum atomic E-state index is -2.61. The number of rotatable bonds is 5. The van der Waals surface area contributed by atoms with E-state index in [-0.39, 0.29) is 0 Å². The maximum absolute atomic E-state index is 11.6. The molecule has 0 aliphatic heterocycles. The minimum Gasteiger partial charge on any atom is -0.432 e. The number of hydrogen-bond acceptors (Lipinski definition) is 2. The highest BCUT2D eigenvalue weighted by Gasteiger charge is 2.51. The summed E-state index contributed by atoms with van der Waals surface area (Å²) in [6, 6.07) is 0. The highest BCUT2D eigenvalue weighted by Crippen LogP contribution is 2.48. The Morgan fingerprint density at radius 3 is 1.65 bits per heavy atom. The van der Waals surface area contributed by atoms with Crippen molar-refractivity contribution >= 4 is 16.9 Å². The molecule has 0 aromatic carbocycles. The van der Waals surface area contributed by atoms with Crippen LogP contribution >= 0.6 is 0 Å². The van der Waals surface area contributed by atoms with Crippen LogP contribution in [0, 0.1) is 0 Å². The third-order valence-electron chi connectivity index (χ3n) is 5.30. The van der Waals surface area contributed by atoms with Gasteiger partial charge < -0.3 is 8.91 Å². The Morgan fingerprint density at radius 1 is 0.900 bits per heavy atom. The summed E-state index contributed by atoms with van der Waals surface area (Å²) in [7, 11) is -4.52. The van der Waals surface area contributed by atoms with Gasteiger partial charge in [0.2, 0.25) is 0 Å². The molecule has 2 rings (SSSR count). The molecule has 4 heteroatoms. The van der Waals surface area contributed by atoms with E-state index >= 15 is 0 Å². The normalized spacial score (nSPS) is 23.8. The molecular weight excluding hydrogens is 280 g/mol. The molecule has 0 heterocycles. The second-order valence-corrected chi connectivity index (χ2v) is 14.9. The topological polar surface area (TPSA) is 29.5 Å². The van der Waals surface area contributed by atoms with Crippen molar-refractivity contribution < 1.29 is 8.91 Å².